The van der Waals surface area contributed by atoms with Gasteiger partial charge in [-0.1, -0.05) is 6.42 Å². The van der Waals surface area contributed by atoms with E-state index >= 15 is 0 Å². The maximum absolute atomic E-state index is 13.5. The maximum Gasteiger partial charge on any atom is 0.271 e. The number of benzene rings is 1. The Kier molecular flexibility index (Phi) is 6.31. The number of hydrogen-bond donors (Lipinski definition) is 1. The standard InChI is InChI=1S/C23H26N4O4S2/c1-30-14-6-7-17(31-2)15(10-14)16(26-8-4-3-5-9-26)11-27-13-24-19-20-23(32-12-18(28)25-20)33-21(19)22(27)29/h6-7,10,13,16H,3-5,8-9,11-12H2,1-2H3,(H,25,28). The molecule has 33 heavy (non-hydrogen) atoms. The van der Waals surface area contributed by atoms with Gasteiger partial charge in [-0.05, 0) is 44.1 Å². The summed E-state index contributed by atoms with van der Waals surface area (Å²) in [5, 5.41) is 2.88. The van der Waals surface area contributed by atoms with Crippen molar-refractivity contribution in [1.29, 1.82) is 0 Å². The first-order valence-corrected chi connectivity index (χ1v) is 12.8. The van der Waals surface area contributed by atoms with Crippen molar-refractivity contribution in [2.75, 3.05) is 38.4 Å². The van der Waals surface area contributed by atoms with Crippen LogP contribution in [0.3, 0.4) is 0 Å². The Bertz CT molecular complexity index is 1250. The molecule has 174 valence electrons. The Balaban J connectivity index is 1.57. The van der Waals surface area contributed by atoms with Gasteiger partial charge in [-0.2, -0.15) is 0 Å². The molecule has 2 aliphatic rings. The molecule has 1 N–H and O–H groups in total. The predicted molar refractivity (Wildman–Crippen MR) is 131 cm³/mol. The summed E-state index contributed by atoms with van der Waals surface area (Å²) in [6, 6.07) is 5.75. The first kappa shape index (κ1) is 22.2. The van der Waals surface area contributed by atoms with E-state index in [4.69, 9.17) is 9.47 Å². The van der Waals surface area contributed by atoms with Gasteiger partial charge in [0.2, 0.25) is 5.91 Å². The van der Waals surface area contributed by atoms with Crippen LogP contribution < -0.4 is 20.3 Å². The highest BCUT2D eigenvalue weighted by molar-refractivity contribution is 8.02. The zero-order chi connectivity index (χ0) is 22.9. The smallest absolute Gasteiger partial charge is 0.271 e. The number of anilines is 1. The fraction of sp³-hybridized carbons (Fsp3) is 0.435. The molecule has 1 fully saturated rings. The van der Waals surface area contributed by atoms with Crippen molar-refractivity contribution in [3.8, 4) is 11.5 Å². The number of nitrogens with zero attached hydrogens (tertiary/aromatic N) is 3. The van der Waals surface area contributed by atoms with Crippen LogP contribution in [0.5, 0.6) is 11.5 Å². The van der Waals surface area contributed by atoms with Crippen LogP contribution in [0.2, 0.25) is 0 Å². The minimum absolute atomic E-state index is 0.0593. The second kappa shape index (κ2) is 9.36. The van der Waals surface area contributed by atoms with Crippen LogP contribution >= 0.6 is 23.1 Å². The van der Waals surface area contributed by atoms with Crippen LogP contribution in [0, 0.1) is 0 Å². The number of amides is 1. The summed E-state index contributed by atoms with van der Waals surface area (Å²) in [6.45, 7) is 2.38. The third-order valence-corrected chi connectivity index (χ3v) is 8.67. The second-order valence-corrected chi connectivity index (χ2v) is 10.5. The van der Waals surface area contributed by atoms with Crippen LogP contribution in [0.1, 0.15) is 30.9 Å². The van der Waals surface area contributed by atoms with Gasteiger partial charge in [0, 0.05) is 12.1 Å². The highest BCUT2D eigenvalue weighted by Gasteiger charge is 2.28. The zero-order valence-corrected chi connectivity index (χ0v) is 20.3. The lowest BCUT2D eigenvalue weighted by molar-refractivity contribution is -0.113. The Morgan fingerprint density at radius 2 is 1.97 bits per heavy atom. The molecule has 0 spiro atoms. The highest BCUT2D eigenvalue weighted by atomic mass is 32.2. The molecule has 1 saturated heterocycles. The molecule has 8 nitrogen and oxygen atoms in total. The number of aromatic nitrogens is 2. The van der Waals surface area contributed by atoms with Crippen molar-refractivity contribution in [2.45, 2.75) is 36.1 Å². The summed E-state index contributed by atoms with van der Waals surface area (Å²) in [6.07, 6.45) is 5.08. The molecule has 3 aromatic rings. The second-order valence-electron chi connectivity index (χ2n) is 8.20. The number of thioether (sulfide) groups is 1. The third kappa shape index (κ3) is 4.22. The number of piperidine rings is 1. The number of likely N-dealkylation sites (tertiary alicyclic amines) is 1. The molecule has 2 aliphatic heterocycles. The lowest BCUT2D eigenvalue weighted by Crippen LogP contribution is -2.38. The fourth-order valence-electron chi connectivity index (χ4n) is 4.56. The van der Waals surface area contributed by atoms with Gasteiger partial charge in [0.25, 0.3) is 5.56 Å². The van der Waals surface area contributed by atoms with Crippen molar-refractivity contribution in [3.05, 3.63) is 40.4 Å². The Labute approximate surface area is 199 Å². The van der Waals surface area contributed by atoms with Crippen LogP contribution in [0.25, 0.3) is 10.2 Å². The predicted octanol–water partition coefficient (Wildman–Crippen LogP) is 3.75. The van der Waals surface area contributed by atoms with E-state index in [0.29, 0.717) is 28.2 Å². The van der Waals surface area contributed by atoms with Gasteiger partial charge >= 0.3 is 0 Å². The topological polar surface area (TPSA) is 85.7 Å². The number of methoxy groups -OCH3 is 2. The first-order valence-electron chi connectivity index (χ1n) is 11.0. The molecule has 2 aromatic heterocycles. The van der Waals surface area contributed by atoms with Crippen molar-refractivity contribution in [1.82, 2.24) is 14.5 Å². The molecular formula is C23H26N4O4S2. The van der Waals surface area contributed by atoms with Crippen molar-refractivity contribution in [3.63, 3.8) is 0 Å². The maximum atomic E-state index is 13.5. The molecule has 0 radical (unpaired) electrons. The van der Waals surface area contributed by atoms with E-state index in [1.54, 1.807) is 25.1 Å². The van der Waals surface area contributed by atoms with E-state index in [1.165, 1.54) is 29.5 Å². The molecule has 1 amide bonds. The molecule has 0 saturated carbocycles. The van der Waals surface area contributed by atoms with Gasteiger partial charge in [0.1, 0.15) is 21.7 Å². The number of rotatable bonds is 6. The van der Waals surface area contributed by atoms with E-state index in [-0.39, 0.29) is 17.5 Å². The molecule has 10 heteroatoms. The van der Waals surface area contributed by atoms with E-state index < -0.39 is 0 Å². The summed E-state index contributed by atoms with van der Waals surface area (Å²) in [4.78, 5) is 32.3. The quantitative estimate of drug-likeness (QED) is 0.568. The van der Waals surface area contributed by atoms with Gasteiger partial charge in [0.15, 0.2) is 0 Å². The molecule has 0 aliphatic carbocycles. The molecule has 4 heterocycles. The summed E-state index contributed by atoms with van der Waals surface area (Å²) >= 11 is 2.87. The van der Waals surface area contributed by atoms with Gasteiger partial charge in [-0.15, -0.1) is 23.1 Å². The van der Waals surface area contributed by atoms with Gasteiger partial charge in [0.05, 0.1) is 42.2 Å². The minimum atomic E-state index is -0.0851. The van der Waals surface area contributed by atoms with Crippen LogP contribution in [0.15, 0.2) is 33.5 Å². The van der Waals surface area contributed by atoms with Crippen LogP contribution in [0.4, 0.5) is 5.69 Å². The lowest BCUT2D eigenvalue weighted by Gasteiger charge is -2.35. The number of carbonyl (C=O) groups excluding carboxylic acids is 1. The summed E-state index contributed by atoms with van der Waals surface area (Å²) in [5.41, 5.74) is 2.16. The monoisotopic (exact) mass is 486 g/mol. The van der Waals surface area contributed by atoms with Gasteiger partial charge in [-0.25, -0.2) is 4.98 Å². The SMILES string of the molecule is COc1ccc(OC)c(C(Cn2cnc3c4c(sc3c2=O)SCC(=O)N4)N2CCCCC2)c1. The summed E-state index contributed by atoms with van der Waals surface area (Å²) in [5.74, 6) is 1.83. The molecule has 1 atom stereocenters. The number of hydrogen-bond acceptors (Lipinski definition) is 8. The number of thiophene rings is 1. The largest absolute Gasteiger partial charge is 0.497 e. The number of fused-ring (bicyclic) bond motifs is 3. The summed E-state index contributed by atoms with van der Waals surface area (Å²) in [7, 11) is 3.32. The average Bonchev–Trinajstić information content (AvgIpc) is 3.22. The lowest BCUT2D eigenvalue weighted by atomic mass is 10.00. The van der Waals surface area contributed by atoms with Crippen LogP contribution in [-0.2, 0) is 11.3 Å². The van der Waals surface area contributed by atoms with E-state index in [9.17, 15) is 9.59 Å². The molecule has 1 aromatic carbocycles. The van der Waals surface area contributed by atoms with E-state index in [2.05, 4.69) is 15.2 Å². The molecule has 5 rings (SSSR count). The zero-order valence-electron chi connectivity index (χ0n) is 18.6. The first-order chi connectivity index (χ1) is 16.1. The number of nitrogens with one attached hydrogen (secondary N) is 1. The number of carbonyl (C=O) groups is 1. The molecular weight excluding hydrogens is 460 g/mol. The molecule has 1 unspecified atom stereocenters. The number of ether oxygens (including phenoxy) is 2. The van der Waals surface area contributed by atoms with E-state index in [1.807, 2.05) is 18.2 Å². The Hall–Kier alpha value is -2.56. The van der Waals surface area contributed by atoms with Crippen molar-refractivity contribution >= 4 is 44.9 Å². The van der Waals surface area contributed by atoms with Crippen molar-refractivity contribution in [2.24, 2.45) is 0 Å². The fourth-order valence-corrected chi connectivity index (χ4v) is 6.74. The highest BCUT2D eigenvalue weighted by Crippen LogP contribution is 2.42. The minimum Gasteiger partial charge on any atom is -0.497 e. The van der Waals surface area contributed by atoms with E-state index in [0.717, 1.165) is 47.2 Å². The Morgan fingerprint density at radius 1 is 1.15 bits per heavy atom. The summed E-state index contributed by atoms with van der Waals surface area (Å²) < 4.78 is 14.4. The average molecular weight is 487 g/mol. The van der Waals surface area contributed by atoms with Crippen molar-refractivity contribution < 1.29 is 14.3 Å². The Morgan fingerprint density at radius 3 is 2.73 bits per heavy atom. The van der Waals surface area contributed by atoms with Gasteiger partial charge < -0.3 is 14.8 Å². The van der Waals surface area contributed by atoms with Crippen LogP contribution in [-0.4, -0.2) is 53.4 Å². The molecule has 0 bridgehead atoms. The third-order valence-electron chi connectivity index (χ3n) is 6.23. The van der Waals surface area contributed by atoms with Gasteiger partial charge in [-0.3, -0.25) is 19.1 Å². The normalized spacial score (nSPS) is 17.5.